The van der Waals surface area contributed by atoms with E-state index in [-0.39, 0.29) is 52.9 Å². The summed E-state index contributed by atoms with van der Waals surface area (Å²) in [4.78, 5) is 0.365. The van der Waals surface area contributed by atoms with Crippen molar-refractivity contribution in [3.05, 3.63) is 83.3 Å². The van der Waals surface area contributed by atoms with Crippen molar-refractivity contribution in [1.82, 2.24) is 0 Å². The SMILES string of the molecule is CCSC1=C(SCCOS(=O)(=O)c2ccc(C)cc2)S/C(=C2/SC(SCCOS(=O)(=O)c3ccc(C)cc3)=C(SCC)[Se]2)[Se]1. The molecule has 0 spiro atoms. The Morgan fingerprint density at radius 3 is 1.32 bits per heavy atom. The second kappa shape index (κ2) is 17.9. The summed E-state index contributed by atoms with van der Waals surface area (Å²) in [5, 5.41) is 0. The Morgan fingerprint density at radius 1 is 0.614 bits per heavy atom. The molecule has 0 bridgehead atoms. The van der Waals surface area contributed by atoms with Gasteiger partial charge in [-0.1, -0.05) is 0 Å². The normalized spacial score (nSPS) is 17.7. The van der Waals surface area contributed by atoms with Crippen molar-refractivity contribution in [2.75, 3.05) is 36.2 Å². The van der Waals surface area contributed by atoms with Crippen LogP contribution in [0.5, 0.6) is 0 Å². The quantitative estimate of drug-likeness (QED) is 0.0943. The third kappa shape index (κ3) is 10.8. The first-order valence-corrected chi connectivity index (χ1v) is 25.2. The molecule has 0 aliphatic carbocycles. The fourth-order valence-corrected chi connectivity index (χ4v) is 23.3. The molecular formula is C28H32O6S8Se2. The average Bonchev–Trinajstić information content (AvgIpc) is 3.58. The molecule has 0 saturated heterocycles. The molecule has 0 unspecified atom stereocenters. The second-order valence-corrected chi connectivity index (χ2v) is 26.0. The molecule has 44 heavy (non-hydrogen) atoms. The molecule has 240 valence electrons. The van der Waals surface area contributed by atoms with E-state index < -0.39 is 20.2 Å². The van der Waals surface area contributed by atoms with Crippen molar-refractivity contribution in [3.63, 3.8) is 0 Å². The third-order valence-electron chi connectivity index (χ3n) is 5.52. The topological polar surface area (TPSA) is 86.7 Å². The molecule has 6 nitrogen and oxygen atoms in total. The standard InChI is InChI=1S/C28H32O6S8Se2/c1-5-35-25-23(37-17-15-33-41(29,30)21-11-7-19(3)8-12-21)39-27(43-25)28-40-24(26(44-28)36-6-2)38-18-16-34-42(31,32)22-13-9-20(4)10-14-22/h7-14H,5-6,15-18H2,1-4H3/b28-27+. The molecule has 2 aromatic rings. The first-order valence-electron chi connectivity index (χ1n) is 13.4. The van der Waals surface area contributed by atoms with E-state index in [4.69, 9.17) is 8.37 Å². The van der Waals surface area contributed by atoms with Crippen LogP contribution >= 0.6 is 70.6 Å². The molecule has 4 rings (SSSR count). The minimum atomic E-state index is -3.77. The van der Waals surface area contributed by atoms with Gasteiger partial charge in [0.25, 0.3) is 0 Å². The van der Waals surface area contributed by atoms with Crippen molar-refractivity contribution in [2.24, 2.45) is 0 Å². The monoisotopic (exact) mass is 880 g/mol. The van der Waals surface area contributed by atoms with Gasteiger partial charge < -0.3 is 0 Å². The van der Waals surface area contributed by atoms with Crippen LogP contribution in [0, 0.1) is 13.8 Å². The number of hydrogen-bond acceptors (Lipinski definition) is 12. The van der Waals surface area contributed by atoms with Gasteiger partial charge in [0, 0.05) is 0 Å². The zero-order valence-corrected chi connectivity index (χ0v) is 34.4. The Bertz CT molecular complexity index is 1500. The van der Waals surface area contributed by atoms with Gasteiger partial charge >= 0.3 is 303 Å². The van der Waals surface area contributed by atoms with Crippen LogP contribution < -0.4 is 0 Å². The van der Waals surface area contributed by atoms with E-state index in [1.54, 1.807) is 72.1 Å². The molecule has 2 aliphatic heterocycles. The molecule has 2 heterocycles. The van der Waals surface area contributed by atoms with Gasteiger partial charge in [0.15, 0.2) is 0 Å². The van der Waals surface area contributed by atoms with Gasteiger partial charge in [0.05, 0.1) is 0 Å². The first kappa shape index (κ1) is 37.4. The molecule has 2 aromatic carbocycles. The van der Waals surface area contributed by atoms with Crippen molar-refractivity contribution in [3.8, 4) is 0 Å². The van der Waals surface area contributed by atoms with E-state index in [1.807, 2.05) is 60.9 Å². The van der Waals surface area contributed by atoms with Crippen molar-refractivity contribution < 1.29 is 25.2 Å². The predicted molar refractivity (Wildman–Crippen MR) is 198 cm³/mol. The summed E-state index contributed by atoms with van der Waals surface area (Å²) >= 11 is 11.2. The van der Waals surface area contributed by atoms with Crippen LogP contribution in [0.2, 0.25) is 0 Å². The van der Waals surface area contributed by atoms with E-state index in [2.05, 4.69) is 13.8 Å². The Hall–Kier alpha value is 0.619. The maximum absolute atomic E-state index is 12.6. The van der Waals surface area contributed by atoms with Crippen LogP contribution in [0.3, 0.4) is 0 Å². The van der Waals surface area contributed by atoms with Gasteiger partial charge in [0.2, 0.25) is 0 Å². The van der Waals surface area contributed by atoms with E-state index in [0.29, 0.717) is 11.5 Å². The summed E-state index contributed by atoms with van der Waals surface area (Å²) in [6.07, 6.45) is 0. The van der Waals surface area contributed by atoms with Crippen LogP contribution in [-0.2, 0) is 28.6 Å². The summed E-state index contributed by atoms with van der Waals surface area (Å²) in [7, 11) is -7.54. The van der Waals surface area contributed by atoms with Crippen molar-refractivity contribution in [2.45, 2.75) is 37.5 Å². The Kier molecular flexibility index (Phi) is 15.2. The van der Waals surface area contributed by atoms with Gasteiger partial charge in [-0.3, -0.25) is 0 Å². The summed E-state index contributed by atoms with van der Waals surface area (Å²) < 4.78 is 69.1. The molecule has 0 atom stereocenters. The zero-order valence-electron chi connectivity index (χ0n) is 24.4. The molecule has 2 aliphatic rings. The number of aryl methyl sites for hydroxylation is 2. The molecular weight excluding hydrogens is 847 g/mol. The Balaban J connectivity index is 1.31. The second-order valence-electron chi connectivity index (χ2n) is 8.87. The molecule has 0 radical (unpaired) electrons. The fraction of sp³-hybridized carbons (Fsp3) is 0.357. The Morgan fingerprint density at radius 2 is 0.977 bits per heavy atom. The van der Waals surface area contributed by atoms with Crippen LogP contribution in [0.4, 0.5) is 0 Å². The molecule has 0 fully saturated rings. The molecule has 0 saturated carbocycles. The van der Waals surface area contributed by atoms with Crippen LogP contribution in [0.15, 0.2) is 82.0 Å². The Labute approximate surface area is 299 Å². The molecule has 0 amide bonds. The summed E-state index contributed by atoms with van der Waals surface area (Å²) in [5.41, 5.74) is 2.00. The summed E-state index contributed by atoms with van der Waals surface area (Å²) in [6, 6.07) is 13.4. The van der Waals surface area contributed by atoms with Crippen LogP contribution in [0.25, 0.3) is 0 Å². The number of benzene rings is 2. The first-order chi connectivity index (χ1) is 21.0. The molecule has 16 heteroatoms. The summed E-state index contributed by atoms with van der Waals surface area (Å²) in [6.45, 7) is 8.39. The molecule has 0 N–H and O–H groups in total. The van der Waals surface area contributed by atoms with E-state index in [0.717, 1.165) is 22.6 Å². The number of hydrogen-bond donors (Lipinski definition) is 0. The van der Waals surface area contributed by atoms with E-state index >= 15 is 0 Å². The minimum absolute atomic E-state index is 0.119. The van der Waals surface area contributed by atoms with Gasteiger partial charge in [-0.25, -0.2) is 0 Å². The molecule has 0 aromatic heterocycles. The van der Waals surface area contributed by atoms with Gasteiger partial charge in [-0.15, -0.1) is 0 Å². The van der Waals surface area contributed by atoms with Crippen molar-refractivity contribution in [1.29, 1.82) is 0 Å². The predicted octanol–water partition coefficient (Wildman–Crippen LogP) is 7.67. The van der Waals surface area contributed by atoms with Crippen LogP contribution in [-0.4, -0.2) is 83.0 Å². The number of thioether (sulfide) groups is 6. The fourth-order valence-electron chi connectivity index (χ4n) is 3.43. The average molecular weight is 879 g/mol. The van der Waals surface area contributed by atoms with Crippen LogP contribution in [0.1, 0.15) is 25.0 Å². The zero-order chi connectivity index (χ0) is 31.7. The van der Waals surface area contributed by atoms with E-state index in [1.165, 1.54) is 23.7 Å². The van der Waals surface area contributed by atoms with Gasteiger partial charge in [-0.05, 0) is 0 Å². The maximum atomic E-state index is 12.6. The van der Waals surface area contributed by atoms with Gasteiger partial charge in [-0.2, -0.15) is 0 Å². The number of rotatable bonds is 16. The third-order valence-corrected chi connectivity index (χ3v) is 24.7. The summed E-state index contributed by atoms with van der Waals surface area (Å²) in [5.74, 6) is 3.09. The van der Waals surface area contributed by atoms with E-state index in [9.17, 15) is 16.8 Å². The van der Waals surface area contributed by atoms with Gasteiger partial charge in [0.1, 0.15) is 0 Å². The van der Waals surface area contributed by atoms with Crippen molar-refractivity contribution >= 4 is 121 Å².